The van der Waals surface area contributed by atoms with Crippen molar-refractivity contribution < 1.29 is 13.6 Å². The first-order chi connectivity index (χ1) is 9.67. The molecule has 0 heterocycles. The van der Waals surface area contributed by atoms with Crippen molar-refractivity contribution in [2.45, 2.75) is 79.1 Å². The van der Waals surface area contributed by atoms with E-state index in [0.29, 0.717) is 0 Å². The van der Waals surface area contributed by atoms with Gasteiger partial charge in [-0.2, -0.15) is 0 Å². The van der Waals surface area contributed by atoms with Gasteiger partial charge in [0, 0.05) is 17.4 Å². The Morgan fingerprint density at radius 1 is 0.800 bits per heavy atom. The summed E-state index contributed by atoms with van der Waals surface area (Å²) >= 11 is 0. The van der Waals surface area contributed by atoms with E-state index >= 15 is 0 Å². The van der Waals surface area contributed by atoms with E-state index in [1.807, 2.05) is 12.2 Å². The van der Waals surface area contributed by atoms with Crippen LogP contribution in [0.5, 0.6) is 0 Å². The van der Waals surface area contributed by atoms with E-state index in [2.05, 4.69) is 27.7 Å². The van der Waals surface area contributed by atoms with Gasteiger partial charge in [-0.3, -0.25) is 0 Å². The van der Waals surface area contributed by atoms with Crippen molar-refractivity contribution in [2.24, 2.45) is 0 Å². The predicted molar refractivity (Wildman–Crippen MR) is 85.6 cm³/mol. The van der Waals surface area contributed by atoms with Crippen LogP contribution in [-0.2, 0) is 13.6 Å². The molecule has 0 N–H and O–H groups in total. The normalized spacial score (nSPS) is 13.3. The van der Waals surface area contributed by atoms with E-state index in [1.165, 1.54) is 0 Å². The Bertz CT molecular complexity index is 292. The van der Waals surface area contributed by atoms with Crippen molar-refractivity contribution in [2.75, 3.05) is 0 Å². The molecule has 0 fully saturated rings. The Kier molecular flexibility index (Phi) is 12.6. The second-order valence-corrected chi connectivity index (χ2v) is 5.64. The van der Waals surface area contributed by atoms with Crippen LogP contribution in [0, 0.1) is 0 Å². The fourth-order valence-electron chi connectivity index (χ4n) is 1.68. The van der Waals surface area contributed by atoms with Crippen molar-refractivity contribution in [3.05, 3.63) is 23.7 Å². The maximum atomic E-state index is 12.0. The van der Waals surface area contributed by atoms with Gasteiger partial charge in [0.15, 0.2) is 11.5 Å². The van der Waals surface area contributed by atoms with Crippen LogP contribution in [0.3, 0.4) is 0 Å². The number of allylic oxidation sites excluding steroid dienone is 4. The summed E-state index contributed by atoms with van der Waals surface area (Å²) in [5.41, 5.74) is 0. The van der Waals surface area contributed by atoms with Crippen LogP contribution >= 0.6 is 8.25 Å². The first kappa shape index (κ1) is 19.2. The molecule has 0 spiro atoms. The third kappa shape index (κ3) is 10.0. The SMILES string of the molecule is CCCC=C(CCC)O[P+](=O)OC(=CCCC)CCC. The topological polar surface area (TPSA) is 35.5 Å². The Balaban J connectivity index is 4.47. The average Bonchev–Trinajstić information content (AvgIpc) is 2.42. The van der Waals surface area contributed by atoms with E-state index < -0.39 is 8.25 Å². The smallest absolute Gasteiger partial charge is 0.227 e. The maximum absolute atomic E-state index is 12.0. The molecular weight excluding hydrogens is 271 g/mol. The van der Waals surface area contributed by atoms with E-state index in [1.54, 1.807) is 0 Å². The molecule has 0 unspecified atom stereocenters. The van der Waals surface area contributed by atoms with Gasteiger partial charge < -0.3 is 0 Å². The zero-order chi connectivity index (χ0) is 15.2. The van der Waals surface area contributed by atoms with Crippen LogP contribution in [0.15, 0.2) is 23.7 Å². The fourth-order valence-corrected chi connectivity index (χ4v) is 2.44. The maximum Gasteiger partial charge on any atom is 0.804 e. The lowest BCUT2D eigenvalue weighted by molar-refractivity contribution is 0.298. The van der Waals surface area contributed by atoms with Gasteiger partial charge in [0.2, 0.25) is 0 Å². The first-order valence-corrected chi connectivity index (χ1v) is 8.98. The third-order valence-electron chi connectivity index (χ3n) is 2.70. The second kappa shape index (κ2) is 13.2. The van der Waals surface area contributed by atoms with Crippen LogP contribution in [0.4, 0.5) is 0 Å². The summed E-state index contributed by atoms with van der Waals surface area (Å²) in [7, 11) is -2.10. The van der Waals surface area contributed by atoms with Crippen LogP contribution in [0.1, 0.15) is 79.1 Å². The Morgan fingerprint density at radius 3 is 1.50 bits per heavy atom. The highest BCUT2D eigenvalue weighted by atomic mass is 31.1. The molecule has 0 saturated heterocycles. The van der Waals surface area contributed by atoms with Crippen molar-refractivity contribution in [1.29, 1.82) is 0 Å². The highest BCUT2D eigenvalue weighted by Gasteiger charge is 2.25. The van der Waals surface area contributed by atoms with Crippen LogP contribution in [0.2, 0.25) is 0 Å². The lowest BCUT2D eigenvalue weighted by atomic mass is 10.2. The first-order valence-electron chi connectivity index (χ1n) is 7.89. The molecule has 0 radical (unpaired) electrons. The summed E-state index contributed by atoms with van der Waals surface area (Å²) in [6.07, 6.45) is 11.6. The molecular formula is C16H30O3P+. The summed E-state index contributed by atoms with van der Waals surface area (Å²) in [6, 6.07) is 0. The average molecular weight is 301 g/mol. The van der Waals surface area contributed by atoms with Gasteiger partial charge in [-0.25, -0.2) is 9.05 Å². The molecule has 0 aromatic heterocycles. The molecule has 3 nitrogen and oxygen atoms in total. The second-order valence-electron chi connectivity index (χ2n) is 4.82. The van der Waals surface area contributed by atoms with Gasteiger partial charge in [0.25, 0.3) is 0 Å². The zero-order valence-corrected chi connectivity index (χ0v) is 14.4. The Morgan fingerprint density at radius 2 is 1.20 bits per heavy atom. The third-order valence-corrected chi connectivity index (χ3v) is 3.46. The molecule has 0 atom stereocenters. The summed E-state index contributed by atoms with van der Waals surface area (Å²) in [5.74, 6) is 1.59. The number of unbranched alkanes of at least 4 members (excludes halogenated alkanes) is 2. The number of hydrogen-bond donors (Lipinski definition) is 0. The lowest BCUT2D eigenvalue weighted by Crippen LogP contribution is -1.90. The van der Waals surface area contributed by atoms with Gasteiger partial charge in [-0.05, 0) is 37.8 Å². The summed E-state index contributed by atoms with van der Waals surface area (Å²) in [6.45, 7) is 8.40. The molecule has 4 heteroatoms. The van der Waals surface area contributed by atoms with Crippen molar-refractivity contribution in [3.8, 4) is 0 Å². The van der Waals surface area contributed by atoms with Crippen LogP contribution in [0.25, 0.3) is 0 Å². The molecule has 0 rings (SSSR count). The molecule has 0 bridgehead atoms. The minimum atomic E-state index is -2.10. The lowest BCUT2D eigenvalue weighted by Gasteiger charge is -2.01. The summed E-state index contributed by atoms with van der Waals surface area (Å²) in [4.78, 5) is 0. The highest BCUT2D eigenvalue weighted by Crippen LogP contribution is 2.34. The number of rotatable bonds is 12. The highest BCUT2D eigenvalue weighted by molar-refractivity contribution is 7.33. The largest absolute Gasteiger partial charge is 0.804 e. The van der Waals surface area contributed by atoms with Gasteiger partial charge in [0.1, 0.15) is 0 Å². The molecule has 0 amide bonds. The molecule has 20 heavy (non-hydrogen) atoms. The van der Waals surface area contributed by atoms with Crippen molar-refractivity contribution >= 4 is 8.25 Å². The van der Waals surface area contributed by atoms with Crippen molar-refractivity contribution in [3.63, 3.8) is 0 Å². The van der Waals surface area contributed by atoms with E-state index in [4.69, 9.17) is 9.05 Å². The van der Waals surface area contributed by atoms with Crippen molar-refractivity contribution in [1.82, 2.24) is 0 Å². The monoisotopic (exact) mass is 301 g/mol. The van der Waals surface area contributed by atoms with E-state index in [-0.39, 0.29) is 0 Å². The molecule has 116 valence electrons. The number of hydrogen-bond acceptors (Lipinski definition) is 3. The molecule has 0 aliphatic rings. The van der Waals surface area contributed by atoms with Crippen LogP contribution < -0.4 is 0 Å². The van der Waals surface area contributed by atoms with Gasteiger partial charge >= 0.3 is 8.25 Å². The molecule has 0 aromatic rings. The molecule has 0 aliphatic carbocycles. The van der Waals surface area contributed by atoms with E-state index in [0.717, 1.165) is 62.9 Å². The molecule has 0 aliphatic heterocycles. The van der Waals surface area contributed by atoms with Gasteiger partial charge in [-0.1, -0.05) is 40.5 Å². The fraction of sp³-hybridized carbons (Fsp3) is 0.750. The summed E-state index contributed by atoms with van der Waals surface area (Å²) in [5, 5.41) is 0. The minimum absolute atomic E-state index is 0.793. The van der Waals surface area contributed by atoms with E-state index in [9.17, 15) is 4.57 Å². The van der Waals surface area contributed by atoms with Gasteiger partial charge in [-0.15, -0.1) is 0 Å². The standard InChI is InChI=1S/C16H30O3P/c1-5-9-13-15(11-7-3)18-20(17)19-16(12-8-4)14-10-6-2/h13-14H,5-12H2,1-4H3/q+1. The molecule has 0 aromatic carbocycles. The van der Waals surface area contributed by atoms with Crippen LogP contribution in [-0.4, -0.2) is 0 Å². The Hall–Kier alpha value is -0.820. The Labute approximate surface area is 125 Å². The zero-order valence-electron chi connectivity index (χ0n) is 13.5. The minimum Gasteiger partial charge on any atom is -0.227 e. The molecule has 0 saturated carbocycles. The predicted octanol–water partition coefficient (Wildman–Crippen LogP) is 6.65. The summed E-state index contributed by atoms with van der Waals surface area (Å²) < 4.78 is 22.9. The quantitative estimate of drug-likeness (QED) is 0.299. The van der Waals surface area contributed by atoms with Gasteiger partial charge in [0.05, 0.1) is 0 Å².